The van der Waals surface area contributed by atoms with E-state index in [2.05, 4.69) is 22.1 Å². The van der Waals surface area contributed by atoms with Crippen LogP contribution in [0.1, 0.15) is 52.4 Å². The molecule has 2 N–H and O–H groups in total. The number of H-pyrrole nitrogens is 1. The zero-order valence-electron chi connectivity index (χ0n) is 21.6. The van der Waals surface area contributed by atoms with Gasteiger partial charge in [-0.3, -0.25) is 4.57 Å². The highest BCUT2D eigenvalue weighted by Crippen LogP contribution is 2.34. The van der Waals surface area contributed by atoms with Gasteiger partial charge in [0.2, 0.25) is 10.0 Å². The molecular formula is C25H33N7O5S. The second-order valence-corrected chi connectivity index (χ2v) is 11.5. The molecule has 0 bridgehead atoms. The van der Waals surface area contributed by atoms with E-state index in [4.69, 9.17) is 9.72 Å². The Morgan fingerprint density at radius 2 is 1.92 bits per heavy atom. The van der Waals surface area contributed by atoms with Gasteiger partial charge in [0.1, 0.15) is 23.4 Å². The summed E-state index contributed by atoms with van der Waals surface area (Å²) in [7, 11) is -3.80. The first-order chi connectivity index (χ1) is 18.3. The molecular weight excluding hydrogens is 510 g/mol. The fourth-order valence-electron chi connectivity index (χ4n) is 4.75. The standard InChI is InChI=1S/C25H33N7O5S/c1-3-5-6-11-31-23-21(24-29-26-16-32(24)25(31)34)27-22(28-23)19-15-18(7-8-20(19)37-14-4-2)38(35,36)30-12-9-17(33)10-13-30/h7-8,15-17,33H,3-6,9-14H2,1-2H3,(H,27,28). The molecule has 1 aliphatic rings. The number of hydrogen-bond acceptors (Lipinski definition) is 8. The number of piperidine rings is 1. The predicted octanol–water partition coefficient (Wildman–Crippen LogP) is 2.56. The summed E-state index contributed by atoms with van der Waals surface area (Å²) in [5.41, 5.74) is 1.51. The summed E-state index contributed by atoms with van der Waals surface area (Å²) in [5.74, 6) is 0.855. The molecule has 12 nitrogen and oxygen atoms in total. The number of sulfonamides is 1. The van der Waals surface area contributed by atoms with Crippen molar-refractivity contribution in [3.63, 3.8) is 0 Å². The van der Waals surface area contributed by atoms with E-state index in [1.807, 2.05) is 6.92 Å². The number of unbranched alkanes of at least 4 members (excludes halogenated alkanes) is 2. The van der Waals surface area contributed by atoms with E-state index < -0.39 is 16.1 Å². The van der Waals surface area contributed by atoms with E-state index in [0.717, 1.165) is 25.7 Å². The maximum atomic E-state index is 13.5. The number of benzene rings is 1. The van der Waals surface area contributed by atoms with Crippen LogP contribution in [0.25, 0.3) is 28.2 Å². The fourth-order valence-corrected chi connectivity index (χ4v) is 6.25. The number of imidazole rings is 1. The topological polar surface area (TPSA) is 148 Å². The van der Waals surface area contributed by atoms with Crippen LogP contribution >= 0.6 is 0 Å². The summed E-state index contributed by atoms with van der Waals surface area (Å²) in [4.78, 5) is 21.3. The SMILES string of the molecule is CCCCCn1c(=O)n2cnnc2c2[nH]c(-c3cc(S(=O)(=O)N4CCC(O)CC4)ccc3OCCC)nc21. The maximum absolute atomic E-state index is 13.5. The Labute approximate surface area is 220 Å². The van der Waals surface area contributed by atoms with Crippen molar-refractivity contribution in [1.82, 2.24) is 33.4 Å². The highest BCUT2D eigenvalue weighted by molar-refractivity contribution is 7.89. The molecule has 38 heavy (non-hydrogen) atoms. The average Bonchev–Trinajstić information content (AvgIpc) is 3.57. The Balaban J connectivity index is 1.65. The molecule has 4 heterocycles. The van der Waals surface area contributed by atoms with Crippen LogP contribution in [0, 0.1) is 0 Å². The summed E-state index contributed by atoms with van der Waals surface area (Å²) < 4.78 is 37.3. The Kier molecular flexibility index (Phi) is 7.50. The maximum Gasteiger partial charge on any atom is 0.336 e. The largest absolute Gasteiger partial charge is 0.493 e. The molecule has 3 aromatic heterocycles. The van der Waals surface area contributed by atoms with Gasteiger partial charge in [-0.2, -0.15) is 4.31 Å². The molecule has 4 aromatic rings. The second kappa shape index (κ2) is 10.8. The third-order valence-electron chi connectivity index (χ3n) is 6.86. The predicted molar refractivity (Wildman–Crippen MR) is 142 cm³/mol. The lowest BCUT2D eigenvalue weighted by Gasteiger charge is -2.28. The monoisotopic (exact) mass is 543 g/mol. The zero-order valence-corrected chi connectivity index (χ0v) is 22.4. The molecule has 13 heteroatoms. The number of aromatic amines is 1. The van der Waals surface area contributed by atoms with Gasteiger partial charge in [0.25, 0.3) is 0 Å². The van der Waals surface area contributed by atoms with Crippen LogP contribution in [0.4, 0.5) is 0 Å². The van der Waals surface area contributed by atoms with E-state index in [1.54, 1.807) is 16.7 Å². The Morgan fingerprint density at radius 1 is 1.13 bits per heavy atom. The Morgan fingerprint density at radius 3 is 2.66 bits per heavy atom. The lowest BCUT2D eigenvalue weighted by molar-refractivity contribution is 0.113. The number of ether oxygens (including phenoxy) is 1. The van der Waals surface area contributed by atoms with Crippen molar-refractivity contribution < 1.29 is 18.3 Å². The van der Waals surface area contributed by atoms with Gasteiger partial charge >= 0.3 is 5.69 Å². The van der Waals surface area contributed by atoms with E-state index in [-0.39, 0.29) is 23.7 Å². The van der Waals surface area contributed by atoms with Gasteiger partial charge in [0.15, 0.2) is 11.3 Å². The van der Waals surface area contributed by atoms with Gasteiger partial charge < -0.3 is 14.8 Å². The van der Waals surface area contributed by atoms with Crippen LogP contribution in [-0.2, 0) is 16.6 Å². The van der Waals surface area contributed by atoms with Gasteiger partial charge in [-0.15, -0.1) is 10.2 Å². The lowest BCUT2D eigenvalue weighted by Crippen LogP contribution is -2.40. The minimum absolute atomic E-state index is 0.112. The van der Waals surface area contributed by atoms with Gasteiger partial charge in [0, 0.05) is 19.6 Å². The minimum atomic E-state index is -3.80. The fraction of sp³-hybridized carbons (Fsp3) is 0.520. The molecule has 1 aliphatic heterocycles. The van der Waals surface area contributed by atoms with Gasteiger partial charge in [-0.05, 0) is 43.9 Å². The molecule has 5 rings (SSSR count). The van der Waals surface area contributed by atoms with Gasteiger partial charge in [-0.1, -0.05) is 26.7 Å². The summed E-state index contributed by atoms with van der Waals surface area (Å²) in [6.45, 7) is 5.52. The molecule has 0 atom stereocenters. The van der Waals surface area contributed by atoms with Crippen LogP contribution in [0.2, 0.25) is 0 Å². The van der Waals surface area contributed by atoms with E-state index >= 15 is 0 Å². The minimum Gasteiger partial charge on any atom is -0.493 e. The number of nitrogens with zero attached hydrogens (tertiary/aromatic N) is 6. The number of fused-ring (bicyclic) bond motifs is 3. The highest BCUT2D eigenvalue weighted by Gasteiger charge is 2.30. The normalized spacial score (nSPS) is 15.6. The molecule has 1 aromatic carbocycles. The first-order valence-electron chi connectivity index (χ1n) is 13.1. The zero-order chi connectivity index (χ0) is 26.9. The number of aliphatic hydroxyl groups excluding tert-OH is 1. The van der Waals surface area contributed by atoms with Crippen LogP contribution in [0.3, 0.4) is 0 Å². The first kappa shape index (κ1) is 26.3. The van der Waals surface area contributed by atoms with E-state index in [1.165, 1.54) is 21.1 Å². The van der Waals surface area contributed by atoms with Crippen molar-refractivity contribution in [3.8, 4) is 17.1 Å². The molecule has 0 spiro atoms. The number of rotatable bonds is 10. The molecule has 1 fully saturated rings. The Hall–Kier alpha value is -3.29. The average molecular weight is 544 g/mol. The molecule has 0 unspecified atom stereocenters. The number of aliphatic hydroxyl groups is 1. The number of aromatic nitrogens is 6. The van der Waals surface area contributed by atoms with E-state index in [0.29, 0.717) is 59.9 Å². The van der Waals surface area contributed by atoms with Crippen LogP contribution in [0.5, 0.6) is 5.75 Å². The van der Waals surface area contributed by atoms with Crippen molar-refractivity contribution in [2.75, 3.05) is 19.7 Å². The third-order valence-corrected chi connectivity index (χ3v) is 8.76. The van der Waals surface area contributed by atoms with Gasteiger partial charge in [-0.25, -0.2) is 22.6 Å². The molecule has 1 saturated heterocycles. The third kappa shape index (κ3) is 4.81. The van der Waals surface area contributed by atoms with E-state index in [9.17, 15) is 18.3 Å². The molecule has 0 saturated carbocycles. The second-order valence-electron chi connectivity index (χ2n) is 9.59. The summed E-state index contributed by atoms with van der Waals surface area (Å²) >= 11 is 0. The number of nitrogens with one attached hydrogen (secondary N) is 1. The number of aryl methyl sites for hydroxylation is 1. The van der Waals surface area contributed by atoms with Crippen molar-refractivity contribution in [3.05, 3.63) is 35.0 Å². The first-order valence-corrected chi connectivity index (χ1v) is 14.6. The van der Waals surface area contributed by atoms with Crippen molar-refractivity contribution >= 4 is 26.8 Å². The lowest BCUT2D eigenvalue weighted by atomic mass is 10.1. The summed E-state index contributed by atoms with van der Waals surface area (Å²) in [5, 5.41) is 17.9. The molecule has 0 amide bonds. The molecule has 0 aliphatic carbocycles. The van der Waals surface area contributed by atoms with Gasteiger partial charge in [0.05, 0.1) is 23.2 Å². The van der Waals surface area contributed by atoms with Crippen molar-refractivity contribution in [2.24, 2.45) is 0 Å². The number of hydrogen-bond donors (Lipinski definition) is 2. The quantitative estimate of drug-likeness (QED) is 0.290. The van der Waals surface area contributed by atoms with Crippen LogP contribution in [-0.4, -0.2) is 72.8 Å². The van der Waals surface area contributed by atoms with Crippen molar-refractivity contribution in [2.45, 2.75) is 69.9 Å². The summed E-state index contributed by atoms with van der Waals surface area (Å²) in [6, 6.07) is 4.74. The smallest absolute Gasteiger partial charge is 0.336 e. The Bertz CT molecular complexity index is 1600. The van der Waals surface area contributed by atoms with Crippen LogP contribution in [0.15, 0.2) is 34.2 Å². The van der Waals surface area contributed by atoms with Crippen molar-refractivity contribution in [1.29, 1.82) is 0 Å². The molecule has 204 valence electrons. The van der Waals surface area contributed by atoms with Crippen LogP contribution < -0.4 is 10.4 Å². The summed E-state index contributed by atoms with van der Waals surface area (Å²) in [6.07, 6.45) is 5.25. The molecule has 0 radical (unpaired) electrons. The highest BCUT2D eigenvalue weighted by atomic mass is 32.2.